The first kappa shape index (κ1) is 11.9. The maximum absolute atomic E-state index is 11.3. The molecule has 1 aromatic carbocycles. The predicted octanol–water partition coefficient (Wildman–Crippen LogP) is 1.78. The minimum Gasteiger partial charge on any atom is -0.478 e. The molecule has 1 heterocycles. The number of aryl methyl sites for hydroxylation is 1. The van der Waals surface area contributed by atoms with Crippen molar-refractivity contribution < 1.29 is 14.6 Å². The molecule has 17 heavy (non-hydrogen) atoms. The predicted molar refractivity (Wildman–Crippen MR) is 65.8 cm³/mol. The Morgan fingerprint density at radius 1 is 1.41 bits per heavy atom. The summed E-state index contributed by atoms with van der Waals surface area (Å²) >= 11 is 0. The number of hydrogen-bond acceptors (Lipinski definition) is 3. The van der Waals surface area contributed by atoms with Gasteiger partial charge in [-0.15, -0.1) is 0 Å². The highest BCUT2D eigenvalue weighted by Crippen LogP contribution is 2.27. The number of ether oxygens (including phenoxy) is 1. The standard InChI is InChI=1S/C13H17NO3/c1-2-10-4-3-5-11(13(15)16)12(10)14-6-8-17-9-7-14/h3-5H,2,6-9H2,1H3,(H,15,16). The highest BCUT2D eigenvalue weighted by Gasteiger charge is 2.20. The highest BCUT2D eigenvalue weighted by molar-refractivity contribution is 5.95. The SMILES string of the molecule is CCc1cccc(C(=O)O)c1N1CCOCC1. The average molecular weight is 235 g/mol. The lowest BCUT2D eigenvalue weighted by Gasteiger charge is -2.31. The molecule has 1 fully saturated rings. The quantitative estimate of drug-likeness (QED) is 0.867. The van der Waals surface area contributed by atoms with Crippen LogP contribution >= 0.6 is 0 Å². The average Bonchev–Trinajstić information content (AvgIpc) is 2.38. The van der Waals surface area contributed by atoms with Crippen LogP contribution in [0, 0.1) is 0 Å². The molecule has 0 bridgehead atoms. The van der Waals surface area contributed by atoms with Gasteiger partial charge in [0, 0.05) is 13.1 Å². The molecule has 0 aromatic heterocycles. The van der Waals surface area contributed by atoms with Crippen LogP contribution in [0.4, 0.5) is 5.69 Å². The lowest BCUT2D eigenvalue weighted by Crippen LogP contribution is -2.37. The number of rotatable bonds is 3. The zero-order valence-corrected chi connectivity index (χ0v) is 9.98. The van der Waals surface area contributed by atoms with E-state index in [-0.39, 0.29) is 0 Å². The van der Waals surface area contributed by atoms with Gasteiger partial charge >= 0.3 is 5.97 Å². The molecule has 4 nitrogen and oxygen atoms in total. The fraction of sp³-hybridized carbons (Fsp3) is 0.462. The third-order valence-electron chi connectivity index (χ3n) is 3.06. The van der Waals surface area contributed by atoms with E-state index >= 15 is 0 Å². The minimum atomic E-state index is -0.859. The van der Waals surface area contributed by atoms with Crippen LogP contribution in [0.5, 0.6) is 0 Å². The Morgan fingerprint density at radius 3 is 2.71 bits per heavy atom. The molecule has 92 valence electrons. The first-order chi connectivity index (χ1) is 8.24. The van der Waals surface area contributed by atoms with Gasteiger partial charge in [-0.3, -0.25) is 0 Å². The number of morpholine rings is 1. The Bertz CT molecular complexity index is 411. The molecule has 0 spiro atoms. The monoisotopic (exact) mass is 235 g/mol. The van der Waals surface area contributed by atoms with Crippen LogP contribution in [-0.2, 0) is 11.2 Å². The summed E-state index contributed by atoms with van der Waals surface area (Å²) in [5.74, 6) is -0.859. The van der Waals surface area contributed by atoms with E-state index in [1.54, 1.807) is 6.07 Å². The summed E-state index contributed by atoms with van der Waals surface area (Å²) in [7, 11) is 0. The maximum Gasteiger partial charge on any atom is 0.337 e. The van der Waals surface area contributed by atoms with Gasteiger partial charge < -0.3 is 14.7 Å². The number of nitrogens with zero attached hydrogens (tertiary/aromatic N) is 1. The number of carboxylic acid groups (broad SMARTS) is 1. The van der Waals surface area contributed by atoms with Crippen molar-refractivity contribution in [2.45, 2.75) is 13.3 Å². The zero-order valence-electron chi connectivity index (χ0n) is 9.98. The van der Waals surface area contributed by atoms with E-state index in [1.807, 2.05) is 19.1 Å². The number of carbonyl (C=O) groups is 1. The Hall–Kier alpha value is -1.55. The number of carboxylic acids is 1. The molecule has 0 atom stereocenters. The molecular formula is C13H17NO3. The van der Waals surface area contributed by atoms with Crippen molar-refractivity contribution in [1.29, 1.82) is 0 Å². The summed E-state index contributed by atoms with van der Waals surface area (Å²) < 4.78 is 5.31. The first-order valence-electron chi connectivity index (χ1n) is 5.92. The molecule has 1 aliphatic heterocycles. The second-order valence-corrected chi connectivity index (χ2v) is 4.07. The Kier molecular flexibility index (Phi) is 3.64. The molecule has 1 saturated heterocycles. The lowest BCUT2D eigenvalue weighted by atomic mass is 10.0. The van der Waals surface area contributed by atoms with Crippen molar-refractivity contribution in [3.8, 4) is 0 Å². The van der Waals surface area contributed by atoms with Gasteiger partial charge in [0.1, 0.15) is 0 Å². The van der Waals surface area contributed by atoms with E-state index in [9.17, 15) is 9.90 Å². The molecular weight excluding hydrogens is 218 g/mol. The Morgan fingerprint density at radius 2 is 2.12 bits per heavy atom. The molecule has 1 aromatic rings. The molecule has 4 heteroatoms. The molecule has 0 unspecified atom stereocenters. The topological polar surface area (TPSA) is 49.8 Å². The van der Waals surface area contributed by atoms with Gasteiger partial charge in [-0.2, -0.15) is 0 Å². The fourth-order valence-electron chi connectivity index (χ4n) is 2.21. The number of aromatic carboxylic acids is 1. The van der Waals surface area contributed by atoms with Crippen LogP contribution in [0.1, 0.15) is 22.8 Å². The van der Waals surface area contributed by atoms with Crippen LogP contribution in [0.15, 0.2) is 18.2 Å². The van der Waals surface area contributed by atoms with Crippen LogP contribution in [0.3, 0.4) is 0 Å². The van der Waals surface area contributed by atoms with Gasteiger partial charge in [-0.05, 0) is 18.1 Å². The van der Waals surface area contributed by atoms with E-state index in [0.29, 0.717) is 18.8 Å². The first-order valence-corrected chi connectivity index (χ1v) is 5.92. The Labute approximate surface area is 101 Å². The third kappa shape index (κ3) is 2.42. The Balaban J connectivity index is 2.43. The van der Waals surface area contributed by atoms with Crippen molar-refractivity contribution in [2.75, 3.05) is 31.2 Å². The summed E-state index contributed by atoms with van der Waals surface area (Å²) in [5, 5.41) is 9.26. The van der Waals surface area contributed by atoms with Gasteiger partial charge in [-0.1, -0.05) is 19.1 Å². The smallest absolute Gasteiger partial charge is 0.337 e. The molecule has 0 radical (unpaired) electrons. The van der Waals surface area contributed by atoms with E-state index in [2.05, 4.69) is 4.90 Å². The fourth-order valence-corrected chi connectivity index (χ4v) is 2.21. The van der Waals surface area contributed by atoms with Crippen LogP contribution < -0.4 is 4.90 Å². The second kappa shape index (κ2) is 5.19. The van der Waals surface area contributed by atoms with Crippen molar-refractivity contribution in [1.82, 2.24) is 0 Å². The van der Waals surface area contributed by atoms with E-state index in [1.165, 1.54) is 0 Å². The second-order valence-electron chi connectivity index (χ2n) is 4.07. The number of hydrogen-bond donors (Lipinski definition) is 1. The van der Waals surface area contributed by atoms with Crippen molar-refractivity contribution in [3.63, 3.8) is 0 Å². The summed E-state index contributed by atoms with van der Waals surface area (Å²) in [5.41, 5.74) is 2.35. The number of benzene rings is 1. The van der Waals surface area contributed by atoms with Gasteiger partial charge in [0.05, 0.1) is 24.5 Å². The molecule has 0 amide bonds. The molecule has 1 N–H and O–H groups in total. The summed E-state index contributed by atoms with van der Waals surface area (Å²) in [4.78, 5) is 13.4. The minimum absolute atomic E-state index is 0.395. The van der Waals surface area contributed by atoms with E-state index < -0.39 is 5.97 Å². The van der Waals surface area contributed by atoms with Crippen LogP contribution in [-0.4, -0.2) is 37.4 Å². The number of anilines is 1. The summed E-state index contributed by atoms with van der Waals surface area (Å²) in [6, 6.07) is 5.48. The van der Waals surface area contributed by atoms with Crippen molar-refractivity contribution in [2.24, 2.45) is 0 Å². The summed E-state index contributed by atoms with van der Waals surface area (Å²) in [6.45, 7) is 4.90. The van der Waals surface area contributed by atoms with E-state index in [0.717, 1.165) is 30.8 Å². The maximum atomic E-state index is 11.3. The largest absolute Gasteiger partial charge is 0.478 e. The number of para-hydroxylation sites is 1. The molecule has 2 rings (SSSR count). The molecule has 0 saturated carbocycles. The van der Waals surface area contributed by atoms with Crippen LogP contribution in [0.2, 0.25) is 0 Å². The van der Waals surface area contributed by atoms with E-state index in [4.69, 9.17) is 4.74 Å². The van der Waals surface area contributed by atoms with Crippen molar-refractivity contribution >= 4 is 11.7 Å². The van der Waals surface area contributed by atoms with Gasteiger partial charge in [0.25, 0.3) is 0 Å². The van der Waals surface area contributed by atoms with Crippen molar-refractivity contribution in [3.05, 3.63) is 29.3 Å². The highest BCUT2D eigenvalue weighted by atomic mass is 16.5. The normalized spacial score (nSPS) is 15.9. The third-order valence-corrected chi connectivity index (χ3v) is 3.06. The molecule has 1 aliphatic rings. The van der Waals surface area contributed by atoms with Gasteiger partial charge in [0.2, 0.25) is 0 Å². The van der Waals surface area contributed by atoms with Crippen LogP contribution in [0.25, 0.3) is 0 Å². The lowest BCUT2D eigenvalue weighted by molar-refractivity contribution is 0.0696. The van der Waals surface area contributed by atoms with Gasteiger partial charge in [0.15, 0.2) is 0 Å². The summed E-state index contributed by atoms with van der Waals surface area (Å²) in [6.07, 6.45) is 0.841. The zero-order chi connectivity index (χ0) is 12.3. The molecule has 0 aliphatic carbocycles. The van der Waals surface area contributed by atoms with Gasteiger partial charge in [-0.25, -0.2) is 4.79 Å².